The first kappa shape index (κ1) is 17.3. The van der Waals surface area contributed by atoms with Gasteiger partial charge in [0.1, 0.15) is 6.10 Å². The summed E-state index contributed by atoms with van der Waals surface area (Å²) in [4.78, 5) is 11.9. The zero-order valence-electron chi connectivity index (χ0n) is 13.9. The van der Waals surface area contributed by atoms with Crippen molar-refractivity contribution in [2.45, 2.75) is 12.4 Å². The van der Waals surface area contributed by atoms with Crippen LogP contribution in [0, 0.1) is 0 Å². The lowest BCUT2D eigenvalue weighted by molar-refractivity contribution is -0.230. The van der Waals surface area contributed by atoms with Gasteiger partial charge in [-0.3, -0.25) is 0 Å². The minimum atomic E-state index is -0.485. The maximum atomic E-state index is 11.9. The van der Waals surface area contributed by atoms with Gasteiger partial charge in [-0.05, 0) is 12.1 Å². The molecule has 0 saturated carbocycles. The monoisotopic (exact) mass is 344 g/mol. The fraction of sp³-hybridized carbons (Fsp3) is 0.316. The standard InChI is InChI=1S/C19H20O6/c1-21-16-9-5-6-10-17(16)22-13-18(20)25-15-11-23-19(24-12-15)14-7-3-2-4-8-14/h2-10,15,19H,11-13H2,1H3. The van der Waals surface area contributed by atoms with E-state index in [0.29, 0.717) is 11.5 Å². The molecule has 0 spiro atoms. The van der Waals surface area contributed by atoms with E-state index >= 15 is 0 Å². The van der Waals surface area contributed by atoms with E-state index < -0.39 is 18.4 Å². The quantitative estimate of drug-likeness (QED) is 0.751. The molecule has 1 aliphatic rings. The third-order valence-corrected chi connectivity index (χ3v) is 3.65. The van der Waals surface area contributed by atoms with Crippen LogP contribution in [0.5, 0.6) is 11.5 Å². The van der Waals surface area contributed by atoms with Crippen LogP contribution in [0.25, 0.3) is 0 Å². The van der Waals surface area contributed by atoms with Crippen molar-refractivity contribution in [2.75, 3.05) is 26.9 Å². The van der Waals surface area contributed by atoms with Gasteiger partial charge in [0.15, 0.2) is 24.4 Å². The van der Waals surface area contributed by atoms with Gasteiger partial charge in [0.05, 0.1) is 20.3 Å². The van der Waals surface area contributed by atoms with Gasteiger partial charge < -0.3 is 23.7 Å². The highest BCUT2D eigenvalue weighted by Crippen LogP contribution is 2.26. The number of carbonyl (C=O) groups is 1. The molecule has 1 heterocycles. The third kappa shape index (κ3) is 4.71. The summed E-state index contributed by atoms with van der Waals surface area (Å²) in [5.74, 6) is 0.564. The molecule has 0 N–H and O–H groups in total. The number of ether oxygens (including phenoxy) is 5. The number of hydrogen-bond acceptors (Lipinski definition) is 6. The lowest BCUT2D eigenvalue weighted by Gasteiger charge is -2.29. The second-order valence-electron chi connectivity index (χ2n) is 5.46. The van der Waals surface area contributed by atoms with Gasteiger partial charge >= 0.3 is 5.97 Å². The molecule has 6 nitrogen and oxygen atoms in total. The minimum absolute atomic E-state index is 0.209. The molecule has 0 radical (unpaired) electrons. The van der Waals surface area contributed by atoms with Crippen LogP contribution in [-0.4, -0.2) is 39.0 Å². The molecular weight excluding hydrogens is 324 g/mol. The fourth-order valence-electron chi connectivity index (χ4n) is 2.45. The van der Waals surface area contributed by atoms with Gasteiger partial charge in [0.25, 0.3) is 0 Å². The predicted octanol–water partition coefficient (Wildman–Crippen LogP) is 2.73. The molecule has 0 bridgehead atoms. The van der Waals surface area contributed by atoms with Crippen molar-refractivity contribution in [3.05, 3.63) is 60.2 Å². The Hall–Kier alpha value is -2.57. The molecule has 0 unspecified atom stereocenters. The van der Waals surface area contributed by atoms with Crippen LogP contribution in [0.15, 0.2) is 54.6 Å². The summed E-state index contributed by atoms with van der Waals surface area (Å²) in [7, 11) is 1.54. The Bertz CT molecular complexity index is 679. The van der Waals surface area contributed by atoms with Crippen LogP contribution in [0.1, 0.15) is 11.9 Å². The van der Waals surface area contributed by atoms with Crippen LogP contribution < -0.4 is 9.47 Å². The van der Waals surface area contributed by atoms with Crippen LogP contribution in [0.3, 0.4) is 0 Å². The van der Waals surface area contributed by atoms with E-state index in [2.05, 4.69) is 0 Å². The molecule has 2 aromatic rings. The largest absolute Gasteiger partial charge is 0.493 e. The van der Waals surface area contributed by atoms with E-state index in [9.17, 15) is 4.79 Å². The molecule has 0 aliphatic carbocycles. The van der Waals surface area contributed by atoms with Crippen molar-refractivity contribution >= 4 is 5.97 Å². The molecule has 2 aromatic carbocycles. The Morgan fingerprint density at radius 3 is 2.32 bits per heavy atom. The Morgan fingerprint density at radius 2 is 1.64 bits per heavy atom. The van der Waals surface area contributed by atoms with Crippen LogP contribution in [-0.2, 0) is 19.0 Å². The summed E-state index contributed by atoms with van der Waals surface area (Å²) in [5.41, 5.74) is 0.937. The molecular formula is C19H20O6. The smallest absolute Gasteiger partial charge is 0.344 e. The van der Waals surface area contributed by atoms with Crippen molar-refractivity contribution in [3.8, 4) is 11.5 Å². The van der Waals surface area contributed by atoms with Gasteiger partial charge in [-0.2, -0.15) is 0 Å². The van der Waals surface area contributed by atoms with Crippen LogP contribution in [0.4, 0.5) is 0 Å². The fourth-order valence-corrected chi connectivity index (χ4v) is 2.45. The predicted molar refractivity (Wildman–Crippen MR) is 89.5 cm³/mol. The van der Waals surface area contributed by atoms with E-state index in [-0.39, 0.29) is 19.8 Å². The van der Waals surface area contributed by atoms with Gasteiger partial charge in [-0.25, -0.2) is 4.79 Å². The Morgan fingerprint density at radius 1 is 1.00 bits per heavy atom. The number of esters is 1. The van der Waals surface area contributed by atoms with E-state index in [1.54, 1.807) is 25.3 Å². The Kier molecular flexibility index (Phi) is 5.87. The van der Waals surface area contributed by atoms with Crippen molar-refractivity contribution in [3.63, 3.8) is 0 Å². The van der Waals surface area contributed by atoms with Crippen molar-refractivity contribution in [2.24, 2.45) is 0 Å². The van der Waals surface area contributed by atoms with Gasteiger partial charge in [0.2, 0.25) is 0 Å². The molecule has 25 heavy (non-hydrogen) atoms. The number of benzene rings is 2. The summed E-state index contributed by atoms with van der Waals surface area (Å²) in [6, 6.07) is 16.7. The average Bonchev–Trinajstić information content (AvgIpc) is 2.68. The van der Waals surface area contributed by atoms with E-state index in [1.165, 1.54) is 0 Å². The molecule has 0 atom stereocenters. The summed E-state index contributed by atoms with van der Waals surface area (Å²) in [5, 5.41) is 0. The highest BCUT2D eigenvalue weighted by Gasteiger charge is 2.26. The molecule has 1 aliphatic heterocycles. The molecule has 3 rings (SSSR count). The van der Waals surface area contributed by atoms with Crippen molar-refractivity contribution in [1.82, 2.24) is 0 Å². The van der Waals surface area contributed by atoms with Crippen molar-refractivity contribution in [1.29, 1.82) is 0 Å². The second kappa shape index (κ2) is 8.50. The summed E-state index contributed by atoms with van der Waals surface area (Å²) >= 11 is 0. The molecule has 1 fully saturated rings. The molecule has 132 valence electrons. The van der Waals surface area contributed by atoms with Gasteiger partial charge in [0, 0.05) is 5.56 Å². The summed E-state index contributed by atoms with van der Waals surface area (Å²) in [6.07, 6.45) is -0.880. The van der Waals surface area contributed by atoms with Gasteiger partial charge in [-0.15, -0.1) is 0 Å². The first-order valence-corrected chi connectivity index (χ1v) is 7.99. The molecule has 0 amide bonds. The molecule has 1 saturated heterocycles. The first-order valence-electron chi connectivity index (χ1n) is 7.99. The average molecular weight is 344 g/mol. The highest BCUT2D eigenvalue weighted by molar-refractivity contribution is 5.71. The van der Waals surface area contributed by atoms with Gasteiger partial charge in [-0.1, -0.05) is 42.5 Å². The molecule has 0 aromatic heterocycles. The number of hydrogen-bond donors (Lipinski definition) is 0. The lowest BCUT2D eigenvalue weighted by atomic mass is 10.2. The summed E-state index contributed by atoms with van der Waals surface area (Å²) in [6.45, 7) is 0.346. The second-order valence-corrected chi connectivity index (χ2v) is 5.46. The summed E-state index contributed by atoms with van der Waals surface area (Å²) < 4.78 is 27.2. The maximum Gasteiger partial charge on any atom is 0.344 e. The first-order chi connectivity index (χ1) is 12.3. The number of carbonyl (C=O) groups excluding carboxylic acids is 1. The highest BCUT2D eigenvalue weighted by atomic mass is 16.7. The zero-order chi connectivity index (χ0) is 17.5. The van der Waals surface area contributed by atoms with Crippen molar-refractivity contribution < 1.29 is 28.5 Å². The lowest BCUT2D eigenvalue weighted by Crippen LogP contribution is -2.36. The van der Waals surface area contributed by atoms with E-state index in [1.807, 2.05) is 36.4 Å². The number of methoxy groups -OCH3 is 1. The normalized spacial score (nSPS) is 19.9. The number of rotatable bonds is 6. The Labute approximate surface area is 146 Å². The maximum absolute atomic E-state index is 11.9. The minimum Gasteiger partial charge on any atom is -0.493 e. The zero-order valence-corrected chi connectivity index (χ0v) is 13.9. The Balaban J connectivity index is 1.43. The van der Waals surface area contributed by atoms with Crippen LogP contribution in [0.2, 0.25) is 0 Å². The SMILES string of the molecule is COc1ccccc1OCC(=O)OC1COC(c2ccccc2)OC1. The topological polar surface area (TPSA) is 63.2 Å². The number of para-hydroxylation sites is 2. The molecule has 6 heteroatoms. The van der Waals surface area contributed by atoms with Crippen LogP contribution >= 0.6 is 0 Å². The third-order valence-electron chi connectivity index (χ3n) is 3.65. The van der Waals surface area contributed by atoms with E-state index in [4.69, 9.17) is 23.7 Å². The van der Waals surface area contributed by atoms with E-state index in [0.717, 1.165) is 5.56 Å².